The van der Waals surface area contributed by atoms with Crippen molar-refractivity contribution in [2.45, 2.75) is 44.9 Å². The van der Waals surface area contributed by atoms with Gasteiger partial charge in [0, 0.05) is 0 Å². The standard InChI is InChI=1S/C23H24IN2O2/c1-16(6-5-9-21(27)18-7-3-2-4-8-18)23-25-22(26-28-23)19-12-13-24-15-20(14-19)17-10-11-17/h2-4,7-8,12-17H,5-6,9-11H2,1H3/q-1/t16-/m1/s1. The van der Waals surface area contributed by atoms with Crippen LogP contribution < -0.4 is 21.2 Å². The molecule has 0 unspecified atom stereocenters. The van der Waals surface area contributed by atoms with E-state index in [4.69, 9.17) is 4.52 Å². The van der Waals surface area contributed by atoms with Gasteiger partial charge in [-0.25, -0.2) is 0 Å². The molecular weight excluding hydrogens is 463 g/mol. The van der Waals surface area contributed by atoms with E-state index in [1.807, 2.05) is 30.3 Å². The second kappa shape index (κ2) is 8.99. The van der Waals surface area contributed by atoms with E-state index in [1.165, 1.54) is 18.4 Å². The monoisotopic (exact) mass is 487 g/mol. The van der Waals surface area contributed by atoms with Crippen LogP contribution in [0, 0.1) is 5.92 Å². The molecule has 146 valence electrons. The van der Waals surface area contributed by atoms with E-state index in [0.717, 1.165) is 29.9 Å². The fourth-order valence-electron chi connectivity index (χ4n) is 3.25. The van der Waals surface area contributed by atoms with Gasteiger partial charge in [-0.1, -0.05) is 30.3 Å². The predicted octanol–water partition coefficient (Wildman–Crippen LogP) is 2.52. The molecular formula is C23H24IN2O2-. The Bertz CT molecular complexity index is 923. The van der Waals surface area contributed by atoms with Crippen molar-refractivity contribution in [1.29, 1.82) is 0 Å². The number of ketones is 1. The van der Waals surface area contributed by atoms with Crippen LogP contribution in [0.4, 0.5) is 0 Å². The summed E-state index contributed by atoms with van der Waals surface area (Å²) in [6.07, 6.45) is 9.19. The second-order valence-corrected chi connectivity index (χ2v) is 9.50. The number of carbonyl (C=O) groups is 1. The van der Waals surface area contributed by atoms with Gasteiger partial charge in [0.25, 0.3) is 0 Å². The Hall–Kier alpha value is -2.02. The Balaban J connectivity index is 1.34. The molecule has 2 aromatic rings. The molecule has 0 amide bonds. The molecule has 1 fully saturated rings. The first-order chi connectivity index (χ1) is 13.7. The minimum absolute atomic E-state index is 0.0189. The summed E-state index contributed by atoms with van der Waals surface area (Å²) in [5.74, 6) is 2.41. The first-order valence-corrected chi connectivity index (χ1v) is 12.3. The van der Waals surface area contributed by atoms with Gasteiger partial charge in [0.1, 0.15) is 0 Å². The summed E-state index contributed by atoms with van der Waals surface area (Å²) in [6, 6.07) is 9.47. The Kier molecular flexibility index (Phi) is 6.20. The van der Waals surface area contributed by atoms with Crippen LogP contribution >= 0.6 is 0 Å². The Morgan fingerprint density at radius 1 is 1.29 bits per heavy atom. The molecule has 1 saturated carbocycles. The van der Waals surface area contributed by atoms with Crippen molar-refractivity contribution >= 4 is 11.4 Å². The van der Waals surface area contributed by atoms with E-state index in [1.54, 1.807) is 0 Å². The number of Topliss-reactive ketones (excluding diaryl/α,β-unsaturated/α-hetero) is 1. The second-order valence-electron chi connectivity index (χ2n) is 7.44. The number of aromatic nitrogens is 2. The third-order valence-electron chi connectivity index (χ3n) is 5.13. The fourth-order valence-corrected chi connectivity index (χ4v) is 5.15. The normalized spacial score (nSPS) is 17.9. The van der Waals surface area contributed by atoms with E-state index < -0.39 is 0 Å². The molecule has 1 aromatic heterocycles. The van der Waals surface area contributed by atoms with Crippen molar-refractivity contribution in [2.24, 2.45) is 5.92 Å². The Morgan fingerprint density at radius 3 is 2.89 bits per heavy atom. The molecule has 4 nitrogen and oxygen atoms in total. The summed E-state index contributed by atoms with van der Waals surface area (Å²) < 4.78 is 10.2. The SMILES string of the molecule is C[C@H](CCCC(=O)c1ccccc1)c1nc(C2=CC(C3CC3)=C[I-]C=C2)no1. The summed E-state index contributed by atoms with van der Waals surface area (Å²) >= 11 is -0.0189. The van der Waals surface area contributed by atoms with Crippen LogP contribution in [0.15, 0.2) is 60.7 Å². The summed E-state index contributed by atoms with van der Waals surface area (Å²) in [4.78, 5) is 16.9. The summed E-state index contributed by atoms with van der Waals surface area (Å²) in [5, 5.41) is 4.22. The molecule has 1 aliphatic heterocycles. The van der Waals surface area contributed by atoms with E-state index in [9.17, 15) is 4.79 Å². The molecule has 1 aliphatic carbocycles. The van der Waals surface area contributed by atoms with Crippen LogP contribution in [-0.2, 0) is 0 Å². The maximum atomic E-state index is 12.2. The van der Waals surface area contributed by atoms with Gasteiger partial charge >= 0.3 is 146 Å². The molecule has 2 aliphatic rings. The van der Waals surface area contributed by atoms with E-state index in [0.29, 0.717) is 18.1 Å². The molecule has 1 aromatic carbocycles. The van der Waals surface area contributed by atoms with Gasteiger partial charge in [-0.05, 0) is 0 Å². The van der Waals surface area contributed by atoms with Crippen molar-refractivity contribution in [3.05, 3.63) is 73.5 Å². The summed E-state index contributed by atoms with van der Waals surface area (Å²) in [7, 11) is 0. The number of allylic oxidation sites excluding steroid dienone is 4. The first kappa shape index (κ1) is 19.3. The van der Waals surface area contributed by atoms with Crippen LogP contribution in [0.2, 0.25) is 0 Å². The van der Waals surface area contributed by atoms with E-state index in [2.05, 4.69) is 37.4 Å². The van der Waals surface area contributed by atoms with Gasteiger partial charge in [0.15, 0.2) is 0 Å². The van der Waals surface area contributed by atoms with Crippen LogP contribution in [0.1, 0.15) is 67.0 Å². The number of halogens is 1. The van der Waals surface area contributed by atoms with Gasteiger partial charge in [-0.15, -0.1) is 0 Å². The van der Waals surface area contributed by atoms with Crippen LogP contribution in [0.25, 0.3) is 5.57 Å². The number of rotatable bonds is 8. The number of benzene rings is 1. The third-order valence-corrected chi connectivity index (χ3v) is 6.99. The minimum atomic E-state index is -0.0189. The summed E-state index contributed by atoms with van der Waals surface area (Å²) in [5.41, 5.74) is 3.29. The first-order valence-electron chi connectivity index (χ1n) is 9.83. The molecule has 2 heterocycles. The fraction of sp³-hybridized carbons (Fsp3) is 0.348. The summed E-state index contributed by atoms with van der Waals surface area (Å²) in [6.45, 7) is 2.09. The molecule has 5 heteroatoms. The number of hydrogen-bond acceptors (Lipinski definition) is 4. The quantitative estimate of drug-likeness (QED) is 0.425. The van der Waals surface area contributed by atoms with Crippen LogP contribution in [0.5, 0.6) is 0 Å². The number of nitrogens with zero attached hydrogens (tertiary/aromatic N) is 2. The van der Waals surface area contributed by atoms with Crippen molar-refractivity contribution < 1.29 is 30.5 Å². The predicted molar refractivity (Wildman–Crippen MR) is 105 cm³/mol. The number of hydrogen-bond donors (Lipinski definition) is 0. The van der Waals surface area contributed by atoms with Crippen molar-refractivity contribution in [2.75, 3.05) is 0 Å². The van der Waals surface area contributed by atoms with Crippen molar-refractivity contribution in [1.82, 2.24) is 10.1 Å². The Morgan fingerprint density at radius 2 is 2.11 bits per heavy atom. The van der Waals surface area contributed by atoms with Gasteiger partial charge in [-0.3, -0.25) is 0 Å². The van der Waals surface area contributed by atoms with Gasteiger partial charge in [0.05, 0.1) is 0 Å². The molecule has 0 radical (unpaired) electrons. The molecule has 0 saturated heterocycles. The van der Waals surface area contributed by atoms with E-state index >= 15 is 0 Å². The van der Waals surface area contributed by atoms with Gasteiger partial charge in [-0.2, -0.15) is 0 Å². The average Bonchev–Trinajstić information content (AvgIpc) is 3.49. The van der Waals surface area contributed by atoms with Crippen molar-refractivity contribution in [3.8, 4) is 0 Å². The number of carbonyl (C=O) groups excluding carboxylic acids is 1. The van der Waals surface area contributed by atoms with E-state index in [-0.39, 0.29) is 32.9 Å². The molecule has 1 atom stereocenters. The zero-order chi connectivity index (χ0) is 19.3. The molecule has 0 spiro atoms. The van der Waals surface area contributed by atoms with Crippen LogP contribution in [0.3, 0.4) is 0 Å². The van der Waals surface area contributed by atoms with Gasteiger partial charge < -0.3 is 0 Å². The van der Waals surface area contributed by atoms with Crippen LogP contribution in [-0.4, -0.2) is 15.9 Å². The average molecular weight is 487 g/mol. The van der Waals surface area contributed by atoms with Gasteiger partial charge in [0.2, 0.25) is 0 Å². The topological polar surface area (TPSA) is 56.0 Å². The molecule has 0 N–H and O–H groups in total. The molecule has 0 bridgehead atoms. The van der Waals surface area contributed by atoms with Crippen molar-refractivity contribution in [3.63, 3.8) is 0 Å². The zero-order valence-corrected chi connectivity index (χ0v) is 18.1. The third kappa shape index (κ3) is 4.87. The maximum absolute atomic E-state index is 12.2. The molecule has 28 heavy (non-hydrogen) atoms. The zero-order valence-electron chi connectivity index (χ0n) is 16.0. The Labute approximate surface area is 176 Å². The molecule has 4 rings (SSSR count).